The summed E-state index contributed by atoms with van der Waals surface area (Å²) >= 11 is 0. The molecule has 0 amide bonds. The first-order chi connectivity index (χ1) is 7.13. The number of hydrazine groups is 1. The Balaban J connectivity index is 2.01. The van der Waals surface area contributed by atoms with Gasteiger partial charge < -0.3 is 4.90 Å². The number of hydrogen-bond acceptors (Lipinski definition) is 3. The molecule has 2 heterocycles. The molecule has 2 aliphatic heterocycles. The van der Waals surface area contributed by atoms with Gasteiger partial charge in [0.2, 0.25) is 0 Å². The van der Waals surface area contributed by atoms with Gasteiger partial charge in [-0.2, -0.15) is 0 Å². The number of fused-ring (bicyclic) bond motifs is 2. The lowest BCUT2D eigenvalue weighted by Gasteiger charge is -2.40. The summed E-state index contributed by atoms with van der Waals surface area (Å²) in [7, 11) is 2.29. The second-order valence-corrected chi connectivity index (χ2v) is 5.72. The Morgan fingerprint density at radius 2 is 1.73 bits per heavy atom. The predicted octanol–water partition coefficient (Wildman–Crippen LogP) is 1.35. The lowest BCUT2D eigenvalue weighted by Crippen LogP contribution is -2.50. The summed E-state index contributed by atoms with van der Waals surface area (Å²) in [5.74, 6) is 7.11. The summed E-state index contributed by atoms with van der Waals surface area (Å²) in [5, 5.41) is 0. The van der Waals surface area contributed by atoms with Crippen LogP contribution in [0.25, 0.3) is 0 Å². The van der Waals surface area contributed by atoms with E-state index in [9.17, 15) is 0 Å². The first-order valence-electron chi connectivity index (χ1n) is 6.31. The Labute approximate surface area is 93.4 Å². The fourth-order valence-corrected chi connectivity index (χ4v) is 3.62. The quantitative estimate of drug-likeness (QED) is 0.547. The Hall–Kier alpha value is -0.120. The van der Waals surface area contributed by atoms with Gasteiger partial charge in [-0.15, -0.1) is 0 Å². The van der Waals surface area contributed by atoms with E-state index in [-0.39, 0.29) is 0 Å². The summed E-state index contributed by atoms with van der Waals surface area (Å²) in [5.41, 5.74) is 3.04. The highest BCUT2D eigenvalue weighted by atomic mass is 15.2. The molecule has 0 aliphatic carbocycles. The van der Waals surface area contributed by atoms with Crippen LogP contribution in [-0.2, 0) is 0 Å². The number of nitrogens with zero attached hydrogens (tertiary/aromatic N) is 1. The number of piperidine rings is 1. The van der Waals surface area contributed by atoms with E-state index in [4.69, 9.17) is 5.84 Å². The molecule has 2 fully saturated rings. The minimum Gasteiger partial charge on any atom is -0.300 e. The van der Waals surface area contributed by atoms with Gasteiger partial charge in [0, 0.05) is 18.1 Å². The van der Waals surface area contributed by atoms with E-state index in [1.165, 1.54) is 25.7 Å². The van der Waals surface area contributed by atoms with Crippen LogP contribution in [0.4, 0.5) is 0 Å². The largest absolute Gasteiger partial charge is 0.300 e. The fraction of sp³-hybridized carbons (Fsp3) is 1.00. The predicted molar refractivity (Wildman–Crippen MR) is 63.2 cm³/mol. The van der Waals surface area contributed by atoms with Gasteiger partial charge in [0.15, 0.2) is 0 Å². The molecule has 15 heavy (non-hydrogen) atoms. The van der Waals surface area contributed by atoms with E-state index in [1.54, 1.807) is 0 Å². The van der Waals surface area contributed by atoms with E-state index in [1.807, 2.05) is 0 Å². The molecule has 0 saturated carbocycles. The van der Waals surface area contributed by atoms with Gasteiger partial charge >= 0.3 is 0 Å². The van der Waals surface area contributed by atoms with Crippen molar-refractivity contribution in [2.45, 2.75) is 57.7 Å². The summed E-state index contributed by atoms with van der Waals surface area (Å²) < 4.78 is 0. The second-order valence-electron chi connectivity index (χ2n) is 5.72. The van der Waals surface area contributed by atoms with Gasteiger partial charge in [0.25, 0.3) is 0 Å². The van der Waals surface area contributed by atoms with Crippen molar-refractivity contribution in [3.05, 3.63) is 0 Å². The Kier molecular flexibility index (Phi) is 3.33. The molecule has 3 atom stereocenters. The molecule has 0 radical (unpaired) electrons. The molecule has 3 nitrogen and oxygen atoms in total. The van der Waals surface area contributed by atoms with Gasteiger partial charge in [-0.3, -0.25) is 11.3 Å². The van der Waals surface area contributed by atoms with Crippen molar-refractivity contribution in [3.8, 4) is 0 Å². The van der Waals surface area contributed by atoms with E-state index in [2.05, 4.69) is 31.2 Å². The van der Waals surface area contributed by atoms with Crippen molar-refractivity contribution in [3.63, 3.8) is 0 Å². The maximum absolute atomic E-state index is 5.69. The van der Waals surface area contributed by atoms with Gasteiger partial charge in [-0.25, -0.2) is 0 Å². The minimum absolute atomic E-state index is 0.502. The lowest BCUT2D eigenvalue weighted by atomic mass is 9.81. The SMILES string of the molecule is CC(C)C(NN)C1CC2CCC(C1)N2C. The Morgan fingerprint density at radius 3 is 2.13 bits per heavy atom. The third-order valence-electron chi connectivity index (χ3n) is 4.55. The Morgan fingerprint density at radius 1 is 1.20 bits per heavy atom. The van der Waals surface area contributed by atoms with E-state index >= 15 is 0 Å². The first kappa shape index (κ1) is 11.4. The standard InChI is InChI=1S/C12H25N3/c1-8(2)12(14-13)9-6-10-4-5-11(7-9)15(10)3/h8-12,14H,4-7,13H2,1-3H3. The average Bonchev–Trinajstić information content (AvgIpc) is 2.43. The molecule has 88 valence electrons. The van der Waals surface area contributed by atoms with Crippen LogP contribution in [-0.4, -0.2) is 30.1 Å². The van der Waals surface area contributed by atoms with Crippen LogP contribution in [0.3, 0.4) is 0 Å². The molecule has 0 aromatic rings. The molecular formula is C12H25N3. The van der Waals surface area contributed by atoms with Crippen LogP contribution in [0, 0.1) is 11.8 Å². The van der Waals surface area contributed by atoms with Crippen molar-refractivity contribution in [2.24, 2.45) is 17.7 Å². The molecule has 3 N–H and O–H groups in total. The van der Waals surface area contributed by atoms with Crippen LogP contribution >= 0.6 is 0 Å². The molecule has 0 spiro atoms. The van der Waals surface area contributed by atoms with Crippen LogP contribution in [0.2, 0.25) is 0 Å². The zero-order valence-corrected chi connectivity index (χ0v) is 10.2. The third kappa shape index (κ3) is 2.05. The molecular weight excluding hydrogens is 186 g/mol. The van der Waals surface area contributed by atoms with E-state index < -0.39 is 0 Å². The zero-order valence-electron chi connectivity index (χ0n) is 10.2. The topological polar surface area (TPSA) is 41.3 Å². The molecule has 2 rings (SSSR count). The van der Waals surface area contributed by atoms with E-state index in [0.717, 1.165) is 18.0 Å². The highest BCUT2D eigenvalue weighted by molar-refractivity contribution is 4.96. The Bertz CT molecular complexity index is 203. The summed E-state index contributed by atoms with van der Waals surface area (Å²) in [6, 6.07) is 2.15. The molecule has 0 aromatic heterocycles. The van der Waals surface area contributed by atoms with Crippen LogP contribution in [0.15, 0.2) is 0 Å². The van der Waals surface area contributed by atoms with Gasteiger partial charge in [0.05, 0.1) is 0 Å². The second kappa shape index (κ2) is 4.40. The van der Waals surface area contributed by atoms with Crippen molar-refractivity contribution in [2.75, 3.05) is 7.05 Å². The number of hydrogen-bond donors (Lipinski definition) is 2. The third-order valence-corrected chi connectivity index (χ3v) is 4.55. The lowest BCUT2D eigenvalue weighted by molar-refractivity contribution is 0.100. The maximum Gasteiger partial charge on any atom is 0.0262 e. The number of rotatable bonds is 3. The minimum atomic E-state index is 0.502. The molecule has 3 heteroatoms. The molecule has 2 aliphatic rings. The average molecular weight is 211 g/mol. The van der Waals surface area contributed by atoms with Crippen LogP contribution in [0.1, 0.15) is 39.5 Å². The van der Waals surface area contributed by atoms with Crippen molar-refractivity contribution < 1.29 is 0 Å². The van der Waals surface area contributed by atoms with Gasteiger partial charge in [0.1, 0.15) is 0 Å². The highest BCUT2D eigenvalue weighted by Crippen LogP contribution is 2.39. The fourth-order valence-electron chi connectivity index (χ4n) is 3.62. The van der Waals surface area contributed by atoms with Crippen molar-refractivity contribution in [1.29, 1.82) is 0 Å². The van der Waals surface area contributed by atoms with Crippen LogP contribution in [0.5, 0.6) is 0 Å². The van der Waals surface area contributed by atoms with Gasteiger partial charge in [-0.05, 0) is 44.6 Å². The zero-order chi connectivity index (χ0) is 11.0. The summed E-state index contributed by atoms with van der Waals surface area (Å²) in [4.78, 5) is 2.59. The normalized spacial score (nSPS) is 38.6. The number of nitrogens with one attached hydrogen (secondary N) is 1. The first-order valence-corrected chi connectivity index (χ1v) is 6.31. The molecule has 2 saturated heterocycles. The molecule has 3 unspecified atom stereocenters. The van der Waals surface area contributed by atoms with Crippen LogP contribution < -0.4 is 11.3 Å². The summed E-state index contributed by atoms with van der Waals surface area (Å²) in [6.45, 7) is 4.54. The van der Waals surface area contributed by atoms with Crippen molar-refractivity contribution in [1.82, 2.24) is 10.3 Å². The number of nitrogens with two attached hydrogens (primary N) is 1. The smallest absolute Gasteiger partial charge is 0.0262 e. The molecule has 2 bridgehead atoms. The van der Waals surface area contributed by atoms with Crippen molar-refractivity contribution >= 4 is 0 Å². The summed E-state index contributed by atoms with van der Waals surface area (Å²) in [6.07, 6.45) is 5.46. The molecule has 0 aromatic carbocycles. The monoisotopic (exact) mass is 211 g/mol. The highest BCUT2D eigenvalue weighted by Gasteiger charge is 2.41. The van der Waals surface area contributed by atoms with Gasteiger partial charge in [-0.1, -0.05) is 13.8 Å². The maximum atomic E-state index is 5.69. The van der Waals surface area contributed by atoms with E-state index in [0.29, 0.717) is 12.0 Å².